The number of rotatable bonds is 3. The minimum absolute atomic E-state index is 0.144. The summed E-state index contributed by atoms with van der Waals surface area (Å²) < 4.78 is 6.10. The summed E-state index contributed by atoms with van der Waals surface area (Å²) in [5, 5.41) is 19.8. The average molecular weight is 293 g/mol. The summed E-state index contributed by atoms with van der Waals surface area (Å²) in [6.07, 6.45) is -0.785. The van der Waals surface area contributed by atoms with E-state index >= 15 is 0 Å². The fraction of sp³-hybridized carbons (Fsp3) is 0.562. The first-order valence-electron chi connectivity index (χ1n) is 7.03. The summed E-state index contributed by atoms with van der Waals surface area (Å²) in [4.78, 5) is 12.6. The summed E-state index contributed by atoms with van der Waals surface area (Å²) in [5.74, 6) is -0.218. The van der Waals surface area contributed by atoms with Gasteiger partial charge in [-0.1, -0.05) is 11.6 Å². The molecule has 1 aromatic carbocycles. The number of carboxylic acids is 1. The van der Waals surface area contributed by atoms with Crippen LogP contribution in [-0.4, -0.2) is 46.3 Å². The fourth-order valence-electron chi connectivity index (χ4n) is 3.30. The number of benzene rings is 1. The molecule has 0 aliphatic carbocycles. The van der Waals surface area contributed by atoms with E-state index < -0.39 is 23.7 Å². The summed E-state index contributed by atoms with van der Waals surface area (Å²) in [5.41, 5.74) is 2.08. The molecule has 0 bridgehead atoms. The van der Waals surface area contributed by atoms with Gasteiger partial charge in [-0.05, 0) is 46.4 Å². The zero-order valence-corrected chi connectivity index (χ0v) is 13.2. The van der Waals surface area contributed by atoms with Gasteiger partial charge in [0, 0.05) is 5.56 Å². The maximum Gasteiger partial charge on any atom is 0.317 e. The van der Waals surface area contributed by atoms with Crippen molar-refractivity contribution in [2.75, 3.05) is 13.6 Å². The topological polar surface area (TPSA) is 70.0 Å². The molecule has 0 saturated carbocycles. The maximum absolute atomic E-state index is 11.0. The van der Waals surface area contributed by atoms with Crippen molar-refractivity contribution in [2.24, 2.45) is 0 Å². The van der Waals surface area contributed by atoms with Crippen molar-refractivity contribution in [1.82, 2.24) is 4.90 Å². The molecule has 2 rings (SSSR count). The normalized spacial score (nSPS) is 23.6. The molecule has 2 unspecified atom stereocenters. The molecule has 1 aliphatic heterocycles. The Morgan fingerprint density at radius 2 is 2.00 bits per heavy atom. The van der Waals surface area contributed by atoms with Gasteiger partial charge in [-0.15, -0.1) is 0 Å². The van der Waals surface area contributed by atoms with Gasteiger partial charge in [-0.2, -0.15) is 0 Å². The number of likely N-dealkylation sites (N-methyl/N-ethyl adjacent to an activating group) is 1. The van der Waals surface area contributed by atoms with Crippen LogP contribution >= 0.6 is 0 Å². The minimum Gasteiger partial charge on any atom is -0.485 e. The van der Waals surface area contributed by atoms with Crippen molar-refractivity contribution in [2.45, 2.75) is 45.4 Å². The van der Waals surface area contributed by atoms with Gasteiger partial charge in [0.15, 0.2) is 0 Å². The second-order valence-corrected chi connectivity index (χ2v) is 6.40. The van der Waals surface area contributed by atoms with E-state index in [9.17, 15) is 9.90 Å². The number of hydrogen-bond donors (Lipinski definition) is 2. The summed E-state index contributed by atoms with van der Waals surface area (Å²) in [6, 6.07) is 3.49. The van der Waals surface area contributed by atoms with Crippen LogP contribution in [0, 0.1) is 13.8 Å². The quantitative estimate of drug-likeness (QED) is 0.890. The molecule has 1 aliphatic rings. The molecule has 2 atom stereocenters. The number of carboxylic acid groups (broad SMARTS) is 1. The molecule has 0 fully saturated rings. The van der Waals surface area contributed by atoms with Crippen LogP contribution in [0.4, 0.5) is 0 Å². The monoisotopic (exact) mass is 293 g/mol. The van der Waals surface area contributed by atoms with E-state index in [0.29, 0.717) is 5.75 Å². The summed E-state index contributed by atoms with van der Waals surface area (Å²) in [6.45, 7) is 7.53. The predicted octanol–water partition coefficient (Wildman–Crippen LogP) is 1.89. The molecule has 1 heterocycles. The molecule has 0 radical (unpaired) electrons. The Bertz CT molecular complexity index is 568. The van der Waals surface area contributed by atoms with Crippen LogP contribution in [0.15, 0.2) is 12.1 Å². The summed E-state index contributed by atoms with van der Waals surface area (Å²) >= 11 is 0. The van der Waals surface area contributed by atoms with Crippen molar-refractivity contribution in [3.8, 4) is 5.75 Å². The number of aliphatic hydroxyl groups excluding tert-OH is 1. The van der Waals surface area contributed by atoms with E-state index in [-0.39, 0.29) is 6.54 Å². The third-order valence-corrected chi connectivity index (χ3v) is 4.00. The number of aryl methyl sites for hydroxylation is 2. The van der Waals surface area contributed by atoms with E-state index in [1.54, 1.807) is 11.9 Å². The molecule has 21 heavy (non-hydrogen) atoms. The zero-order chi connectivity index (χ0) is 15.9. The predicted molar refractivity (Wildman–Crippen MR) is 79.6 cm³/mol. The van der Waals surface area contributed by atoms with Crippen molar-refractivity contribution >= 4 is 5.97 Å². The fourth-order valence-corrected chi connectivity index (χ4v) is 3.30. The maximum atomic E-state index is 11.0. The zero-order valence-electron chi connectivity index (χ0n) is 13.2. The Kier molecular flexibility index (Phi) is 4.00. The number of aliphatic hydroxyl groups is 1. The Morgan fingerprint density at radius 1 is 1.38 bits per heavy atom. The second-order valence-electron chi connectivity index (χ2n) is 6.40. The first kappa shape index (κ1) is 15.8. The lowest BCUT2D eigenvalue weighted by Crippen LogP contribution is -2.57. The number of aliphatic carboxylic acids is 1. The highest BCUT2D eigenvalue weighted by Crippen LogP contribution is 2.43. The first-order valence-corrected chi connectivity index (χ1v) is 7.03. The smallest absolute Gasteiger partial charge is 0.317 e. The van der Waals surface area contributed by atoms with Crippen LogP contribution in [-0.2, 0) is 4.79 Å². The van der Waals surface area contributed by atoms with E-state index in [1.807, 2.05) is 39.8 Å². The average Bonchev–Trinajstić information content (AvgIpc) is 2.29. The van der Waals surface area contributed by atoms with Gasteiger partial charge in [0.05, 0.1) is 12.6 Å². The number of nitrogens with zero attached hydrogens (tertiary/aromatic N) is 1. The molecule has 0 saturated heterocycles. The largest absolute Gasteiger partial charge is 0.485 e. The molecule has 0 aromatic heterocycles. The Morgan fingerprint density at radius 3 is 2.57 bits per heavy atom. The number of ether oxygens (including phenoxy) is 1. The van der Waals surface area contributed by atoms with Crippen LogP contribution in [0.2, 0.25) is 0 Å². The van der Waals surface area contributed by atoms with Crippen LogP contribution in [0.3, 0.4) is 0 Å². The van der Waals surface area contributed by atoms with Crippen LogP contribution in [0.1, 0.15) is 36.6 Å². The van der Waals surface area contributed by atoms with E-state index in [1.165, 1.54) is 0 Å². The van der Waals surface area contributed by atoms with Crippen molar-refractivity contribution < 1.29 is 19.7 Å². The van der Waals surface area contributed by atoms with Crippen LogP contribution in [0.5, 0.6) is 5.75 Å². The molecule has 1 aromatic rings. The van der Waals surface area contributed by atoms with E-state index in [4.69, 9.17) is 9.84 Å². The Labute approximate surface area is 125 Å². The highest BCUT2D eigenvalue weighted by atomic mass is 16.5. The van der Waals surface area contributed by atoms with Gasteiger partial charge >= 0.3 is 5.97 Å². The number of hydrogen-bond acceptors (Lipinski definition) is 4. The third kappa shape index (κ3) is 2.89. The lowest BCUT2D eigenvalue weighted by Gasteiger charge is -2.47. The Balaban J connectivity index is 2.47. The van der Waals surface area contributed by atoms with Gasteiger partial charge in [0.1, 0.15) is 17.5 Å². The lowest BCUT2D eigenvalue weighted by atomic mass is 9.83. The van der Waals surface area contributed by atoms with Crippen molar-refractivity contribution in [3.63, 3.8) is 0 Å². The van der Waals surface area contributed by atoms with Crippen molar-refractivity contribution in [3.05, 3.63) is 28.8 Å². The summed E-state index contributed by atoms with van der Waals surface area (Å²) in [7, 11) is 1.70. The van der Waals surface area contributed by atoms with Gasteiger partial charge in [-0.25, -0.2) is 0 Å². The molecule has 5 heteroatoms. The van der Waals surface area contributed by atoms with Crippen molar-refractivity contribution in [1.29, 1.82) is 0 Å². The minimum atomic E-state index is -0.924. The first-order chi connectivity index (χ1) is 9.63. The van der Waals surface area contributed by atoms with Gasteiger partial charge < -0.3 is 14.9 Å². The number of fused-ring (bicyclic) bond motifs is 1. The molecular weight excluding hydrogens is 270 g/mol. The van der Waals surface area contributed by atoms with Gasteiger partial charge in [-0.3, -0.25) is 9.69 Å². The van der Waals surface area contributed by atoms with E-state index in [2.05, 4.69) is 0 Å². The molecular formula is C16H23NO4. The Hall–Kier alpha value is -1.59. The highest BCUT2D eigenvalue weighted by molar-refractivity contribution is 5.69. The van der Waals surface area contributed by atoms with Gasteiger partial charge in [0.2, 0.25) is 0 Å². The third-order valence-electron chi connectivity index (χ3n) is 4.00. The van der Waals surface area contributed by atoms with Crippen LogP contribution in [0.25, 0.3) is 0 Å². The lowest BCUT2D eigenvalue weighted by molar-refractivity contribution is -0.142. The number of carbonyl (C=O) groups is 1. The second kappa shape index (κ2) is 5.31. The molecule has 0 spiro atoms. The SMILES string of the molecule is Cc1cc(C)c2c(c1)C(O)C(N(C)CC(=O)O)C(C)(C)O2. The standard InChI is InChI=1S/C16H23NO4/c1-9-6-10(2)14-11(7-9)13(20)15(16(3,4)21-14)17(5)8-12(18)19/h6-7,13,15,20H,8H2,1-5H3,(H,18,19). The highest BCUT2D eigenvalue weighted by Gasteiger charge is 2.46. The van der Waals surface area contributed by atoms with Gasteiger partial charge in [0.25, 0.3) is 0 Å². The molecule has 116 valence electrons. The molecule has 2 N–H and O–H groups in total. The van der Waals surface area contributed by atoms with E-state index in [0.717, 1.165) is 16.7 Å². The molecule has 0 amide bonds. The van der Waals surface area contributed by atoms with Crippen LogP contribution < -0.4 is 4.74 Å². The molecule has 5 nitrogen and oxygen atoms in total.